The smallest absolute Gasteiger partial charge is 0.223 e. The van der Waals surface area contributed by atoms with Crippen LogP contribution >= 0.6 is 0 Å². The van der Waals surface area contributed by atoms with Gasteiger partial charge in [0.05, 0.1) is 24.9 Å². The number of sulfone groups is 1. The van der Waals surface area contributed by atoms with Crippen LogP contribution in [-0.2, 0) is 14.6 Å². The fraction of sp³-hybridized carbons (Fsp3) is 0.588. The van der Waals surface area contributed by atoms with E-state index < -0.39 is 9.84 Å². The van der Waals surface area contributed by atoms with Crippen LogP contribution in [-0.4, -0.2) is 58.3 Å². The number of benzene rings is 1. The predicted octanol–water partition coefficient (Wildman–Crippen LogP) is 1.06. The van der Waals surface area contributed by atoms with Gasteiger partial charge in [-0.15, -0.1) is 0 Å². The predicted molar refractivity (Wildman–Crippen MR) is 94.6 cm³/mol. The molecule has 1 fully saturated rings. The minimum absolute atomic E-state index is 0.0433. The number of nitrogens with two attached hydrogens (primary N) is 1. The van der Waals surface area contributed by atoms with Crippen molar-refractivity contribution >= 4 is 15.7 Å². The van der Waals surface area contributed by atoms with Crippen LogP contribution in [0.2, 0.25) is 0 Å². The van der Waals surface area contributed by atoms with Gasteiger partial charge in [-0.3, -0.25) is 4.79 Å². The Hall–Kier alpha value is -1.80. The van der Waals surface area contributed by atoms with Crippen LogP contribution in [0.4, 0.5) is 0 Å². The number of carbonyl (C=O) groups excluding carboxylic acids is 1. The van der Waals surface area contributed by atoms with Crippen molar-refractivity contribution in [1.29, 1.82) is 0 Å². The average molecular weight is 370 g/mol. The van der Waals surface area contributed by atoms with Crippen LogP contribution < -0.4 is 15.2 Å². The highest BCUT2D eigenvalue weighted by molar-refractivity contribution is 7.91. The van der Waals surface area contributed by atoms with Gasteiger partial charge < -0.3 is 20.1 Å². The molecule has 7 nitrogen and oxygen atoms in total. The van der Waals surface area contributed by atoms with Gasteiger partial charge in [-0.2, -0.15) is 0 Å². The van der Waals surface area contributed by atoms with Crippen molar-refractivity contribution in [3.8, 4) is 11.5 Å². The summed E-state index contributed by atoms with van der Waals surface area (Å²) < 4.78 is 35.3. The lowest BCUT2D eigenvalue weighted by molar-refractivity contribution is -0.131. The second kappa shape index (κ2) is 8.05. The summed E-state index contributed by atoms with van der Waals surface area (Å²) >= 11 is 0. The lowest BCUT2D eigenvalue weighted by Gasteiger charge is -2.21. The molecule has 25 heavy (non-hydrogen) atoms. The van der Waals surface area contributed by atoms with Gasteiger partial charge >= 0.3 is 0 Å². The third-order valence-electron chi connectivity index (χ3n) is 4.61. The van der Waals surface area contributed by atoms with Crippen molar-refractivity contribution in [2.75, 3.05) is 33.1 Å². The van der Waals surface area contributed by atoms with Crippen LogP contribution in [0.15, 0.2) is 23.1 Å². The van der Waals surface area contributed by atoms with Crippen LogP contribution in [0, 0.1) is 5.92 Å². The Bertz CT molecular complexity index is 720. The Labute approximate surface area is 149 Å². The second-order valence-electron chi connectivity index (χ2n) is 6.32. The van der Waals surface area contributed by atoms with Crippen molar-refractivity contribution in [1.82, 2.24) is 4.90 Å². The minimum atomic E-state index is -3.59. The van der Waals surface area contributed by atoms with E-state index in [-0.39, 0.29) is 29.0 Å². The number of hydrogen-bond donors (Lipinski definition) is 1. The van der Waals surface area contributed by atoms with Crippen molar-refractivity contribution in [2.24, 2.45) is 11.7 Å². The maximum Gasteiger partial charge on any atom is 0.223 e. The first-order chi connectivity index (χ1) is 11.8. The third-order valence-corrected chi connectivity index (χ3v) is 6.33. The van der Waals surface area contributed by atoms with Gasteiger partial charge in [0.2, 0.25) is 5.91 Å². The Morgan fingerprint density at radius 3 is 2.52 bits per heavy atom. The molecule has 2 atom stereocenters. The molecule has 2 N–H and O–H groups in total. The molecule has 1 amide bonds. The summed E-state index contributed by atoms with van der Waals surface area (Å²) in [5, 5.41) is 0. The molecular formula is C17H26N2O5S. The summed E-state index contributed by atoms with van der Waals surface area (Å²) in [5.41, 5.74) is 5.67. The molecule has 1 aliphatic rings. The van der Waals surface area contributed by atoms with E-state index >= 15 is 0 Å². The number of nitrogens with zero attached hydrogens (tertiary/aromatic N) is 1. The average Bonchev–Trinajstić information content (AvgIpc) is 3.00. The number of amides is 1. The second-order valence-corrected chi connectivity index (χ2v) is 8.43. The van der Waals surface area contributed by atoms with Gasteiger partial charge in [-0.25, -0.2) is 8.42 Å². The summed E-state index contributed by atoms with van der Waals surface area (Å²) in [6, 6.07) is 4.53. The number of ether oxygens (including phenoxy) is 2. The van der Waals surface area contributed by atoms with E-state index in [0.717, 1.165) is 6.42 Å². The minimum Gasteiger partial charge on any atom is -0.493 e. The zero-order valence-corrected chi connectivity index (χ0v) is 15.7. The normalized spacial score (nSPS) is 20.6. The fourth-order valence-corrected chi connectivity index (χ4v) is 4.39. The Kier molecular flexibility index (Phi) is 6.29. The van der Waals surface area contributed by atoms with Gasteiger partial charge in [0.1, 0.15) is 0 Å². The lowest BCUT2D eigenvalue weighted by atomic mass is 10.1. The summed E-state index contributed by atoms with van der Waals surface area (Å²) in [6.45, 7) is 3.11. The van der Waals surface area contributed by atoms with Crippen molar-refractivity contribution in [3.63, 3.8) is 0 Å². The molecule has 1 aromatic rings. The first-order valence-electron chi connectivity index (χ1n) is 8.26. The summed E-state index contributed by atoms with van der Waals surface area (Å²) in [4.78, 5) is 14.3. The van der Waals surface area contributed by atoms with Gasteiger partial charge in [0.15, 0.2) is 21.3 Å². The molecular weight excluding hydrogens is 344 g/mol. The molecule has 0 aliphatic carbocycles. The first kappa shape index (κ1) is 19.5. The van der Waals surface area contributed by atoms with E-state index in [1.54, 1.807) is 11.0 Å². The van der Waals surface area contributed by atoms with E-state index in [1.807, 2.05) is 6.92 Å². The summed E-state index contributed by atoms with van der Waals surface area (Å²) in [6.07, 6.45) is 0.822. The molecule has 8 heteroatoms. The highest BCUT2D eigenvalue weighted by Crippen LogP contribution is 2.30. The molecule has 0 spiro atoms. The maximum absolute atomic E-state index is 12.5. The van der Waals surface area contributed by atoms with Crippen molar-refractivity contribution in [2.45, 2.75) is 30.7 Å². The molecule has 140 valence electrons. The van der Waals surface area contributed by atoms with Gasteiger partial charge in [-0.05, 0) is 37.9 Å². The van der Waals surface area contributed by atoms with E-state index in [9.17, 15) is 13.2 Å². The number of methoxy groups -OCH3 is 2. The van der Waals surface area contributed by atoms with Gasteiger partial charge in [-0.1, -0.05) is 0 Å². The van der Waals surface area contributed by atoms with E-state index in [4.69, 9.17) is 15.2 Å². The molecule has 2 unspecified atom stereocenters. The molecule has 1 aromatic carbocycles. The Morgan fingerprint density at radius 1 is 1.28 bits per heavy atom. The quantitative estimate of drug-likeness (QED) is 0.771. The SMILES string of the molecule is COc1ccc(S(=O)(=O)CCC(=O)N2CC(CN)CC2C)cc1OC. The zero-order chi connectivity index (χ0) is 18.6. The van der Waals surface area contributed by atoms with Crippen molar-refractivity contribution in [3.05, 3.63) is 18.2 Å². The molecule has 0 bridgehead atoms. The first-order valence-corrected chi connectivity index (χ1v) is 9.92. The maximum atomic E-state index is 12.5. The fourth-order valence-electron chi connectivity index (χ4n) is 3.15. The molecule has 1 heterocycles. The van der Waals surface area contributed by atoms with Crippen LogP contribution in [0.3, 0.4) is 0 Å². The Balaban J connectivity index is 2.05. The van der Waals surface area contributed by atoms with Crippen LogP contribution in [0.25, 0.3) is 0 Å². The van der Waals surface area contributed by atoms with Gasteiger partial charge in [0.25, 0.3) is 0 Å². The number of likely N-dealkylation sites (tertiary alicyclic amines) is 1. The highest BCUT2D eigenvalue weighted by atomic mass is 32.2. The van der Waals surface area contributed by atoms with Crippen LogP contribution in [0.5, 0.6) is 11.5 Å². The Morgan fingerprint density at radius 2 is 1.96 bits per heavy atom. The number of rotatable bonds is 7. The highest BCUT2D eigenvalue weighted by Gasteiger charge is 2.32. The zero-order valence-electron chi connectivity index (χ0n) is 14.9. The molecule has 1 aliphatic heterocycles. The monoisotopic (exact) mass is 370 g/mol. The third kappa shape index (κ3) is 4.43. The van der Waals surface area contributed by atoms with Crippen molar-refractivity contribution < 1.29 is 22.7 Å². The number of carbonyl (C=O) groups is 1. The lowest BCUT2D eigenvalue weighted by Crippen LogP contribution is -2.35. The van der Waals surface area contributed by atoms with E-state index in [1.165, 1.54) is 26.4 Å². The standard InChI is InChI=1S/C17H26N2O5S/c1-12-8-13(10-18)11-19(12)17(20)6-7-25(21,22)14-4-5-15(23-2)16(9-14)24-3/h4-5,9,12-13H,6-8,10-11,18H2,1-3H3. The molecule has 2 rings (SSSR count). The summed E-state index contributed by atoms with van der Waals surface area (Å²) in [7, 11) is -0.659. The van der Waals surface area contributed by atoms with Gasteiger partial charge in [0, 0.05) is 25.1 Å². The topological polar surface area (TPSA) is 98.9 Å². The van der Waals surface area contributed by atoms with E-state index in [2.05, 4.69) is 0 Å². The number of hydrogen-bond acceptors (Lipinski definition) is 6. The molecule has 0 radical (unpaired) electrons. The van der Waals surface area contributed by atoms with E-state index in [0.29, 0.717) is 30.5 Å². The van der Waals surface area contributed by atoms with Crippen LogP contribution in [0.1, 0.15) is 19.8 Å². The molecule has 1 saturated heterocycles. The molecule has 0 saturated carbocycles. The summed E-state index contributed by atoms with van der Waals surface area (Å²) in [5.74, 6) is 0.705. The largest absolute Gasteiger partial charge is 0.493 e. The molecule has 0 aromatic heterocycles.